The number of nitrogens with zero attached hydrogens (tertiary/aromatic N) is 2. The van der Waals surface area contributed by atoms with E-state index < -0.39 is 17.5 Å². The van der Waals surface area contributed by atoms with Gasteiger partial charge in [0, 0.05) is 19.3 Å². The lowest BCUT2D eigenvalue weighted by Crippen LogP contribution is -2.55. The molecule has 0 saturated carbocycles. The molecule has 0 aliphatic rings. The highest BCUT2D eigenvalue weighted by Gasteiger charge is 2.36. The molecule has 1 aromatic rings. The van der Waals surface area contributed by atoms with Gasteiger partial charge in [-0.15, -0.1) is 0 Å². The van der Waals surface area contributed by atoms with Crippen LogP contribution in [0.5, 0.6) is 0 Å². The topological polar surface area (TPSA) is 96.3 Å². The summed E-state index contributed by atoms with van der Waals surface area (Å²) in [6, 6.07) is 1.06. The summed E-state index contributed by atoms with van der Waals surface area (Å²) >= 11 is 0. The number of aryl methyl sites for hydroxylation is 1. The summed E-state index contributed by atoms with van der Waals surface area (Å²) in [5, 5.41) is 18.1. The molecule has 100 valence electrons. The third-order valence-electron chi connectivity index (χ3n) is 2.92. The van der Waals surface area contributed by atoms with Gasteiger partial charge < -0.3 is 10.4 Å². The first-order chi connectivity index (χ1) is 8.43. The fraction of sp³-hybridized carbons (Fsp3) is 0.545. The number of anilines is 1. The predicted octanol–water partition coefficient (Wildman–Crippen LogP) is 1.18. The molecule has 2 amide bonds. The monoisotopic (exact) mass is 254 g/mol. The van der Waals surface area contributed by atoms with Crippen molar-refractivity contribution in [3.05, 3.63) is 12.3 Å². The van der Waals surface area contributed by atoms with Crippen molar-refractivity contribution in [3.8, 4) is 0 Å². The predicted molar refractivity (Wildman–Crippen MR) is 66.3 cm³/mol. The Labute approximate surface area is 105 Å². The van der Waals surface area contributed by atoms with Crippen LogP contribution < -0.4 is 10.6 Å². The van der Waals surface area contributed by atoms with Gasteiger partial charge in [0.25, 0.3) is 0 Å². The maximum atomic E-state index is 11.7. The molecular weight excluding hydrogens is 236 g/mol. The molecule has 0 aliphatic carbocycles. The zero-order chi connectivity index (χ0) is 13.8. The van der Waals surface area contributed by atoms with E-state index >= 15 is 0 Å². The van der Waals surface area contributed by atoms with Crippen LogP contribution in [-0.2, 0) is 11.8 Å². The summed E-state index contributed by atoms with van der Waals surface area (Å²) in [4.78, 5) is 22.9. The van der Waals surface area contributed by atoms with E-state index in [0.29, 0.717) is 18.7 Å². The Morgan fingerprint density at radius 2 is 2.06 bits per heavy atom. The largest absolute Gasteiger partial charge is 0.480 e. The van der Waals surface area contributed by atoms with Gasteiger partial charge in [-0.25, -0.2) is 9.59 Å². The summed E-state index contributed by atoms with van der Waals surface area (Å²) in [6.45, 7) is 3.44. The van der Waals surface area contributed by atoms with E-state index in [1.807, 2.05) is 0 Å². The van der Waals surface area contributed by atoms with Crippen LogP contribution in [0.25, 0.3) is 0 Å². The molecule has 7 nitrogen and oxygen atoms in total. The van der Waals surface area contributed by atoms with Gasteiger partial charge in [0.2, 0.25) is 0 Å². The Morgan fingerprint density at radius 1 is 1.44 bits per heavy atom. The summed E-state index contributed by atoms with van der Waals surface area (Å²) in [7, 11) is 1.72. The van der Waals surface area contributed by atoms with Crippen LogP contribution in [0.1, 0.15) is 26.7 Å². The van der Waals surface area contributed by atoms with Gasteiger partial charge in [-0.05, 0) is 12.8 Å². The summed E-state index contributed by atoms with van der Waals surface area (Å²) in [5.41, 5.74) is -1.24. The Balaban J connectivity index is 2.70. The molecule has 3 N–H and O–H groups in total. The molecule has 0 aliphatic heterocycles. The molecule has 18 heavy (non-hydrogen) atoms. The van der Waals surface area contributed by atoms with Crippen LogP contribution in [0.15, 0.2) is 12.3 Å². The summed E-state index contributed by atoms with van der Waals surface area (Å²) in [5.74, 6) is -0.662. The number of urea groups is 1. The lowest BCUT2D eigenvalue weighted by Gasteiger charge is -2.27. The van der Waals surface area contributed by atoms with Crippen molar-refractivity contribution >= 4 is 17.8 Å². The van der Waals surface area contributed by atoms with Crippen LogP contribution in [-0.4, -0.2) is 32.4 Å². The van der Waals surface area contributed by atoms with E-state index in [0.717, 1.165) is 0 Å². The second-order valence-electron chi connectivity index (χ2n) is 4.05. The first kappa shape index (κ1) is 14.0. The number of carbonyl (C=O) groups is 2. The third-order valence-corrected chi connectivity index (χ3v) is 2.92. The number of rotatable bonds is 5. The average molecular weight is 254 g/mol. The molecule has 1 heterocycles. The van der Waals surface area contributed by atoms with Crippen molar-refractivity contribution < 1.29 is 14.7 Å². The fourth-order valence-electron chi connectivity index (χ4n) is 1.63. The van der Waals surface area contributed by atoms with Crippen molar-refractivity contribution in [3.63, 3.8) is 0 Å². The van der Waals surface area contributed by atoms with Crippen molar-refractivity contribution in [1.29, 1.82) is 0 Å². The molecule has 0 aromatic carbocycles. The van der Waals surface area contributed by atoms with Gasteiger partial charge in [-0.3, -0.25) is 10.00 Å². The number of nitrogens with one attached hydrogen (secondary N) is 2. The molecule has 1 rings (SSSR count). The molecule has 0 fully saturated rings. The van der Waals surface area contributed by atoms with Gasteiger partial charge in [0.05, 0.1) is 0 Å². The number of carboxylic acids is 1. The minimum atomic E-state index is -1.24. The first-order valence-corrected chi connectivity index (χ1v) is 5.75. The van der Waals surface area contributed by atoms with E-state index in [1.54, 1.807) is 37.8 Å². The number of carbonyl (C=O) groups excluding carboxylic acids is 1. The Morgan fingerprint density at radius 3 is 2.44 bits per heavy atom. The molecule has 0 unspecified atom stereocenters. The van der Waals surface area contributed by atoms with E-state index in [9.17, 15) is 14.7 Å². The quantitative estimate of drug-likeness (QED) is 0.735. The Kier molecular flexibility index (Phi) is 4.30. The average Bonchev–Trinajstić information content (AvgIpc) is 2.71. The highest BCUT2D eigenvalue weighted by atomic mass is 16.4. The summed E-state index contributed by atoms with van der Waals surface area (Å²) in [6.07, 6.45) is 2.31. The van der Waals surface area contributed by atoms with E-state index in [-0.39, 0.29) is 0 Å². The smallest absolute Gasteiger partial charge is 0.329 e. The number of hydrogen-bond donors (Lipinski definition) is 3. The van der Waals surface area contributed by atoms with Crippen molar-refractivity contribution in [2.45, 2.75) is 32.2 Å². The van der Waals surface area contributed by atoms with Crippen LogP contribution in [0.2, 0.25) is 0 Å². The lowest BCUT2D eigenvalue weighted by molar-refractivity contribution is -0.144. The standard InChI is InChI=1S/C11H18N4O3/c1-4-11(5-2,9(16)17)13-10(18)12-8-6-7-15(3)14-8/h6-7H,4-5H2,1-3H3,(H,16,17)(H2,12,13,14,18). The maximum Gasteiger partial charge on any atom is 0.329 e. The van der Waals surface area contributed by atoms with Gasteiger partial charge in [-0.2, -0.15) is 5.10 Å². The minimum Gasteiger partial charge on any atom is -0.480 e. The van der Waals surface area contributed by atoms with Crippen molar-refractivity contribution in [1.82, 2.24) is 15.1 Å². The lowest BCUT2D eigenvalue weighted by atomic mass is 9.93. The zero-order valence-corrected chi connectivity index (χ0v) is 10.7. The van der Waals surface area contributed by atoms with Crippen molar-refractivity contribution in [2.24, 2.45) is 7.05 Å². The normalized spacial score (nSPS) is 11.1. The van der Waals surface area contributed by atoms with Gasteiger partial charge >= 0.3 is 12.0 Å². The number of carboxylic acid groups (broad SMARTS) is 1. The van der Waals surface area contributed by atoms with E-state index in [4.69, 9.17) is 0 Å². The molecular formula is C11H18N4O3. The van der Waals surface area contributed by atoms with Crippen molar-refractivity contribution in [2.75, 3.05) is 5.32 Å². The zero-order valence-electron chi connectivity index (χ0n) is 10.7. The number of hydrogen-bond acceptors (Lipinski definition) is 3. The highest BCUT2D eigenvalue weighted by Crippen LogP contribution is 2.15. The molecule has 0 radical (unpaired) electrons. The van der Waals surface area contributed by atoms with Gasteiger partial charge in [0.1, 0.15) is 5.54 Å². The molecule has 0 bridgehead atoms. The third kappa shape index (κ3) is 2.99. The molecule has 0 spiro atoms. The van der Waals surface area contributed by atoms with Crippen LogP contribution in [0, 0.1) is 0 Å². The van der Waals surface area contributed by atoms with Crippen LogP contribution in [0.4, 0.5) is 10.6 Å². The fourth-order valence-corrected chi connectivity index (χ4v) is 1.63. The van der Waals surface area contributed by atoms with Gasteiger partial charge in [0.15, 0.2) is 5.82 Å². The minimum absolute atomic E-state index is 0.314. The first-order valence-electron chi connectivity index (χ1n) is 5.75. The Hall–Kier alpha value is -2.05. The Bertz CT molecular complexity index is 437. The molecule has 7 heteroatoms. The van der Waals surface area contributed by atoms with Crippen LogP contribution in [0.3, 0.4) is 0 Å². The number of amides is 2. The van der Waals surface area contributed by atoms with Crippen LogP contribution >= 0.6 is 0 Å². The van der Waals surface area contributed by atoms with E-state index in [1.165, 1.54) is 0 Å². The maximum absolute atomic E-state index is 11.7. The second kappa shape index (κ2) is 5.52. The SMILES string of the molecule is CCC(CC)(NC(=O)Nc1ccn(C)n1)C(=O)O. The number of aromatic nitrogens is 2. The molecule has 0 atom stereocenters. The number of aliphatic carboxylic acids is 1. The summed E-state index contributed by atoms with van der Waals surface area (Å²) < 4.78 is 1.54. The molecule has 1 aromatic heterocycles. The highest BCUT2D eigenvalue weighted by molar-refractivity contribution is 5.93. The second-order valence-corrected chi connectivity index (χ2v) is 4.05. The van der Waals surface area contributed by atoms with E-state index in [2.05, 4.69) is 15.7 Å². The van der Waals surface area contributed by atoms with Gasteiger partial charge in [-0.1, -0.05) is 13.8 Å². The molecule has 0 saturated heterocycles.